The Kier molecular flexibility index (Phi) is 3.28. The van der Waals surface area contributed by atoms with Crippen LogP contribution in [0.1, 0.15) is 15.9 Å². The van der Waals surface area contributed by atoms with Crippen molar-refractivity contribution in [1.82, 2.24) is 4.98 Å². The predicted molar refractivity (Wildman–Crippen MR) is 71.0 cm³/mol. The van der Waals surface area contributed by atoms with Crippen LogP contribution in [0, 0.1) is 6.92 Å². The summed E-state index contributed by atoms with van der Waals surface area (Å²) < 4.78 is 0. The lowest BCUT2D eigenvalue weighted by Gasteiger charge is -2.17. The topological polar surface area (TPSA) is 53.2 Å². The molecule has 2 aromatic rings. The first-order valence-electron chi connectivity index (χ1n) is 5.61. The molecule has 1 aromatic heterocycles. The molecule has 0 spiro atoms. The van der Waals surface area contributed by atoms with Gasteiger partial charge in [-0.1, -0.05) is 12.1 Å². The Morgan fingerprint density at radius 3 is 2.61 bits per heavy atom. The molecule has 0 atom stereocenters. The van der Waals surface area contributed by atoms with E-state index in [1.165, 1.54) is 18.3 Å². The normalized spacial score (nSPS) is 10.1. The molecule has 92 valence electrons. The summed E-state index contributed by atoms with van der Waals surface area (Å²) in [4.78, 5) is 27.2. The fourth-order valence-electron chi connectivity index (χ4n) is 1.69. The number of H-pyrrole nitrogens is 1. The Labute approximate surface area is 105 Å². The van der Waals surface area contributed by atoms with Gasteiger partial charge in [-0.15, -0.1) is 0 Å². The summed E-state index contributed by atoms with van der Waals surface area (Å²) in [5.74, 6) is -0.156. The molecule has 2 rings (SSSR count). The van der Waals surface area contributed by atoms with Crippen LogP contribution >= 0.6 is 0 Å². The van der Waals surface area contributed by atoms with Crippen molar-refractivity contribution in [3.63, 3.8) is 0 Å². The third-order valence-electron chi connectivity index (χ3n) is 2.72. The summed E-state index contributed by atoms with van der Waals surface area (Å²) in [5.41, 5.74) is 2.16. The molecule has 0 saturated heterocycles. The Hall–Kier alpha value is -2.36. The van der Waals surface area contributed by atoms with Gasteiger partial charge >= 0.3 is 0 Å². The van der Waals surface area contributed by atoms with Gasteiger partial charge in [-0.2, -0.15) is 0 Å². The van der Waals surface area contributed by atoms with Crippen LogP contribution in [0.3, 0.4) is 0 Å². The molecule has 0 unspecified atom stereocenters. The highest BCUT2D eigenvalue weighted by Gasteiger charge is 2.13. The molecule has 18 heavy (non-hydrogen) atoms. The molecular weight excluding hydrogens is 228 g/mol. The van der Waals surface area contributed by atoms with Crippen LogP contribution in [-0.2, 0) is 0 Å². The molecule has 0 aliphatic rings. The maximum Gasteiger partial charge on any atom is 0.259 e. The third kappa shape index (κ3) is 2.48. The predicted octanol–water partition coefficient (Wildman–Crippen LogP) is 1.96. The van der Waals surface area contributed by atoms with Gasteiger partial charge in [-0.05, 0) is 30.7 Å². The quantitative estimate of drug-likeness (QED) is 0.875. The first kappa shape index (κ1) is 12.1. The van der Waals surface area contributed by atoms with Gasteiger partial charge < -0.3 is 9.88 Å². The summed E-state index contributed by atoms with van der Waals surface area (Å²) in [6.45, 7) is 1.97. The number of benzene rings is 1. The second-order valence-electron chi connectivity index (χ2n) is 4.14. The zero-order valence-electron chi connectivity index (χ0n) is 10.3. The number of rotatable bonds is 2. The molecule has 4 heteroatoms. The van der Waals surface area contributed by atoms with E-state index in [2.05, 4.69) is 4.98 Å². The van der Waals surface area contributed by atoms with E-state index in [9.17, 15) is 9.59 Å². The van der Waals surface area contributed by atoms with E-state index in [0.29, 0.717) is 5.56 Å². The molecule has 1 heterocycles. The van der Waals surface area contributed by atoms with Crippen molar-refractivity contribution in [2.75, 3.05) is 11.9 Å². The van der Waals surface area contributed by atoms with Gasteiger partial charge in [-0.3, -0.25) is 9.59 Å². The zero-order valence-corrected chi connectivity index (χ0v) is 10.3. The molecule has 0 radical (unpaired) electrons. The van der Waals surface area contributed by atoms with Gasteiger partial charge in [0, 0.05) is 25.0 Å². The molecule has 0 fully saturated rings. The molecule has 0 saturated carbocycles. The highest BCUT2D eigenvalue weighted by atomic mass is 16.2. The van der Waals surface area contributed by atoms with Gasteiger partial charge in [-0.25, -0.2) is 0 Å². The van der Waals surface area contributed by atoms with Crippen molar-refractivity contribution < 1.29 is 4.79 Å². The van der Waals surface area contributed by atoms with Crippen molar-refractivity contribution in [2.24, 2.45) is 0 Å². The molecule has 1 N–H and O–H groups in total. The van der Waals surface area contributed by atoms with Crippen LogP contribution in [0.15, 0.2) is 47.4 Å². The maximum absolute atomic E-state index is 12.2. The van der Waals surface area contributed by atoms with E-state index in [1.54, 1.807) is 11.9 Å². The van der Waals surface area contributed by atoms with Crippen molar-refractivity contribution in [3.05, 3.63) is 64.1 Å². The monoisotopic (exact) mass is 242 g/mol. The molecule has 0 aliphatic carbocycles. The van der Waals surface area contributed by atoms with Crippen LogP contribution < -0.4 is 10.5 Å². The number of amides is 1. The first-order valence-corrected chi connectivity index (χ1v) is 5.61. The second-order valence-corrected chi connectivity index (χ2v) is 4.14. The number of nitrogens with one attached hydrogen (secondary N) is 1. The third-order valence-corrected chi connectivity index (χ3v) is 2.72. The van der Waals surface area contributed by atoms with E-state index < -0.39 is 0 Å². The Morgan fingerprint density at radius 2 is 2.00 bits per heavy atom. The summed E-state index contributed by atoms with van der Waals surface area (Å²) >= 11 is 0. The Bertz CT molecular complexity index is 611. The van der Waals surface area contributed by atoms with Crippen LogP contribution in [0.25, 0.3) is 0 Å². The fourth-order valence-corrected chi connectivity index (χ4v) is 1.69. The number of hydrogen-bond donors (Lipinski definition) is 1. The van der Waals surface area contributed by atoms with Crippen LogP contribution in [0.5, 0.6) is 0 Å². The van der Waals surface area contributed by atoms with Gasteiger partial charge in [0.2, 0.25) is 5.56 Å². The van der Waals surface area contributed by atoms with Crippen LogP contribution in [0.4, 0.5) is 5.69 Å². The number of aromatic amines is 1. The Morgan fingerprint density at radius 1 is 1.22 bits per heavy atom. The highest BCUT2D eigenvalue weighted by molar-refractivity contribution is 6.05. The van der Waals surface area contributed by atoms with Crippen LogP contribution in [-0.4, -0.2) is 17.9 Å². The maximum atomic E-state index is 12.2. The van der Waals surface area contributed by atoms with Gasteiger partial charge in [0.1, 0.15) is 0 Å². The van der Waals surface area contributed by atoms with E-state index in [0.717, 1.165) is 11.3 Å². The average molecular weight is 242 g/mol. The van der Waals surface area contributed by atoms with E-state index in [-0.39, 0.29) is 11.5 Å². The van der Waals surface area contributed by atoms with E-state index in [1.807, 2.05) is 31.2 Å². The van der Waals surface area contributed by atoms with Crippen LogP contribution in [0.2, 0.25) is 0 Å². The lowest BCUT2D eigenvalue weighted by atomic mass is 10.2. The molecule has 1 amide bonds. The molecule has 0 aliphatic heterocycles. The number of hydrogen-bond acceptors (Lipinski definition) is 2. The number of anilines is 1. The van der Waals surface area contributed by atoms with Crippen molar-refractivity contribution in [3.8, 4) is 0 Å². The van der Waals surface area contributed by atoms with Crippen molar-refractivity contribution in [1.29, 1.82) is 0 Å². The minimum absolute atomic E-state index is 0.156. The summed E-state index contributed by atoms with van der Waals surface area (Å²) in [6, 6.07) is 10.5. The number of aryl methyl sites for hydroxylation is 1. The number of nitrogens with zero attached hydrogens (tertiary/aromatic N) is 1. The largest absolute Gasteiger partial charge is 0.328 e. The number of carbonyl (C=O) groups excluding carboxylic acids is 1. The van der Waals surface area contributed by atoms with Gasteiger partial charge in [0.15, 0.2) is 0 Å². The summed E-state index contributed by atoms with van der Waals surface area (Å²) in [5, 5.41) is 0. The fraction of sp³-hybridized carbons (Fsp3) is 0.143. The van der Waals surface area contributed by atoms with Gasteiger partial charge in [0.25, 0.3) is 5.91 Å². The average Bonchev–Trinajstić information content (AvgIpc) is 2.38. The minimum atomic E-state index is -0.218. The highest BCUT2D eigenvalue weighted by Crippen LogP contribution is 2.16. The molecule has 0 bridgehead atoms. The minimum Gasteiger partial charge on any atom is -0.328 e. The number of aromatic nitrogens is 1. The lowest BCUT2D eigenvalue weighted by Crippen LogP contribution is -2.26. The zero-order chi connectivity index (χ0) is 13.1. The Balaban J connectivity index is 2.29. The molecular formula is C14H14N2O2. The van der Waals surface area contributed by atoms with Crippen molar-refractivity contribution >= 4 is 11.6 Å². The molecule has 1 aromatic carbocycles. The summed E-state index contributed by atoms with van der Waals surface area (Å²) in [7, 11) is 1.71. The van der Waals surface area contributed by atoms with E-state index >= 15 is 0 Å². The number of carbonyl (C=O) groups is 1. The van der Waals surface area contributed by atoms with Crippen molar-refractivity contribution in [2.45, 2.75) is 6.92 Å². The lowest BCUT2D eigenvalue weighted by molar-refractivity contribution is 0.0992. The standard InChI is InChI=1S/C14H14N2O2/c1-10-4-3-5-12(8-10)16(2)14(18)11-6-7-13(17)15-9-11/h3-9H,1-2H3,(H,15,17). The first-order chi connectivity index (χ1) is 8.58. The van der Waals surface area contributed by atoms with Gasteiger partial charge in [0.05, 0.1) is 5.56 Å². The number of pyridine rings is 1. The molecule has 4 nitrogen and oxygen atoms in total. The second kappa shape index (κ2) is 4.87. The van der Waals surface area contributed by atoms with E-state index in [4.69, 9.17) is 0 Å². The SMILES string of the molecule is Cc1cccc(N(C)C(=O)c2ccc(=O)[nH]c2)c1. The smallest absolute Gasteiger partial charge is 0.259 e. The summed E-state index contributed by atoms with van der Waals surface area (Å²) in [6.07, 6.45) is 1.43.